The normalized spacial score (nSPS) is 18.5. The van der Waals surface area contributed by atoms with Gasteiger partial charge in [0.25, 0.3) is 0 Å². The molecule has 2 aromatic heterocycles. The van der Waals surface area contributed by atoms with E-state index in [1.165, 1.54) is 34.6 Å². The van der Waals surface area contributed by atoms with Crippen LogP contribution in [-0.4, -0.2) is 50.1 Å². The smallest absolute Gasteiger partial charge is 0.332 e. The van der Waals surface area contributed by atoms with Gasteiger partial charge in [0, 0.05) is 60.8 Å². The number of aromatic nitrogens is 3. The fourth-order valence-electron chi connectivity index (χ4n) is 4.99. The minimum Gasteiger partial charge on any atom is -0.507 e. The van der Waals surface area contributed by atoms with Crippen LogP contribution in [0.25, 0.3) is 27.9 Å². The topological polar surface area (TPSA) is 92.8 Å². The van der Waals surface area contributed by atoms with Crippen molar-refractivity contribution in [1.29, 1.82) is 0 Å². The predicted molar refractivity (Wildman–Crippen MR) is 149 cm³/mol. The number of anilines is 1. The van der Waals surface area contributed by atoms with Crippen molar-refractivity contribution in [2.24, 2.45) is 12.5 Å². The maximum Gasteiger partial charge on any atom is 0.332 e. The molecule has 3 heterocycles. The number of hydrogen-bond acceptors (Lipinski definition) is 6. The molecule has 2 N–H and O–H groups in total. The number of phenolic OH excluding ortho intramolecular Hbond substituents is 1. The molecule has 5 rings (SSSR count). The molecule has 0 amide bonds. The zero-order chi connectivity index (χ0) is 28.3. The fourth-order valence-corrected chi connectivity index (χ4v) is 5.26. The van der Waals surface area contributed by atoms with E-state index in [9.17, 15) is 19.4 Å². The van der Waals surface area contributed by atoms with E-state index in [0.29, 0.717) is 41.5 Å². The number of imidazole rings is 1. The molecule has 39 heavy (non-hydrogen) atoms. The van der Waals surface area contributed by atoms with Crippen LogP contribution in [0.1, 0.15) is 20.8 Å². The Morgan fingerprint density at radius 1 is 1.03 bits per heavy atom. The predicted octanol–water partition coefficient (Wildman–Crippen LogP) is 5.01. The average molecular weight is 553 g/mol. The van der Waals surface area contributed by atoms with Crippen molar-refractivity contribution < 1.29 is 19.3 Å². The molecule has 0 spiro atoms. The highest BCUT2D eigenvalue weighted by Crippen LogP contribution is 2.45. The van der Waals surface area contributed by atoms with Crippen molar-refractivity contribution in [3.63, 3.8) is 0 Å². The van der Waals surface area contributed by atoms with Crippen molar-refractivity contribution in [1.82, 2.24) is 14.1 Å². The van der Waals surface area contributed by atoms with Crippen molar-refractivity contribution in [3.05, 3.63) is 76.3 Å². The quantitative estimate of drug-likeness (QED) is 0.362. The van der Waals surface area contributed by atoms with Gasteiger partial charge in [0.2, 0.25) is 5.88 Å². The second-order valence-electron chi connectivity index (χ2n) is 10.8. The van der Waals surface area contributed by atoms with Gasteiger partial charge in [-0.15, -0.1) is 0 Å². The van der Waals surface area contributed by atoms with Crippen molar-refractivity contribution >= 4 is 17.3 Å². The van der Waals surface area contributed by atoms with E-state index in [-0.39, 0.29) is 27.6 Å². The third kappa shape index (κ3) is 4.55. The summed E-state index contributed by atoms with van der Waals surface area (Å²) in [6, 6.07) is 9.16. The first kappa shape index (κ1) is 26.8. The van der Waals surface area contributed by atoms with Gasteiger partial charge < -0.3 is 24.4 Å². The minimum absolute atomic E-state index is 0.149. The molecule has 0 unspecified atom stereocenters. The molecule has 1 aliphatic heterocycles. The van der Waals surface area contributed by atoms with Crippen LogP contribution >= 0.6 is 11.6 Å². The number of aryl methyl sites for hydroxylation is 1. The van der Waals surface area contributed by atoms with E-state index in [2.05, 4.69) is 4.98 Å². The summed E-state index contributed by atoms with van der Waals surface area (Å²) < 4.78 is 23.3. The molecule has 1 atom stereocenters. The number of nitrogens with zero attached hydrogens (tertiary/aromatic N) is 4. The monoisotopic (exact) mass is 552 g/mol. The Balaban J connectivity index is 1.58. The van der Waals surface area contributed by atoms with E-state index < -0.39 is 16.8 Å². The summed E-state index contributed by atoms with van der Waals surface area (Å²) in [5.41, 5.74) is 0.940. The molecule has 8 nitrogen and oxygen atoms in total. The number of β-amino-alcohol motifs (C(OH)–C–C–N with tert-alkyl or cyclic N) is 1. The fraction of sp³-hybridized carbons (Fsp3) is 0.310. The van der Waals surface area contributed by atoms with Gasteiger partial charge in [-0.3, -0.25) is 4.57 Å². The summed E-state index contributed by atoms with van der Waals surface area (Å²) in [5, 5.41) is 22.5. The number of methoxy groups -OCH3 is 1. The number of rotatable bonds is 5. The van der Waals surface area contributed by atoms with Gasteiger partial charge in [-0.05, 0) is 42.8 Å². The third-order valence-electron chi connectivity index (χ3n) is 7.76. The maximum absolute atomic E-state index is 14.9. The second-order valence-corrected chi connectivity index (χ2v) is 11.3. The lowest BCUT2D eigenvalue weighted by atomic mass is 9.79. The molecule has 1 aliphatic rings. The molecule has 204 valence electrons. The van der Waals surface area contributed by atoms with Gasteiger partial charge in [-0.1, -0.05) is 31.5 Å². The van der Waals surface area contributed by atoms with Gasteiger partial charge in [0.15, 0.2) is 0 Å². The zero-order valence-electron chi connectivity index (χ0n) is 22.4. The first-order valence-electron chi connectivity index (χ1n) is 12.4. The third-order valence-corrected chi connectivity index (χ3v) is 8.06. The highest BCUT2D eigenvalue weighted by Gasteiger charge is 2.48. The van der Waals surface area contributed by atoms with Crippen LogP contribution in [0.15, 0.2) is 59.8 Å². The van der Waals surface area contributed by atoms with Crippen molar-refractivity contribution in [2.45, 2.75) is 26.4 Å². The highest BCUT2D eigenvalue weighted by atomic mass is 35.5. The Labute approximate surface area is 230 Å². The summed E-state index contributed by atoms with van der Waals surface area (Å²) >= 11 is 6.52. The average Bonchev–Trinajstić information content (AvgIpc) is 3.32. The van der Waals surface area contributed by atoms with Crippen molar-refractivity contribution in [2.75, 3.05) is 25.1 Å². The Morgan fingerprint density at radius 3 is 2.28 bits per heavy atom. The summed E-state index contributed by atoms with van der Waals surface area (Å²) in [6.45, 7) is 6.69. The molecular formula is C29H30ClFN4O4. The molecule has 0 bridgehead atoms. The standard InChI is InChI=1S/C29H30ClFN4O4/c1-28(2)15-34(16-29(28,3)38)24-11-18(14-32-26(24)39-5)21-13-19(31)12-20(25(21)36)17-6-7-23(22(30)10-17)35-9-8-33(4)27(35)37/h6-14,36,38H,15-16H2,1-5H3/t29-/m1/s1. The van der Waals surface area contributed by atoms with Crippen LogP contribution in [0.5, 0.6) is 11.6 Å². The number of aromatic hydroxyl groups is 1. The van der Waals surface area contributed by atoms with E-state index in [1.807, 2.05) is 18.7 Å². The Morgan fingerprint density at radius 2 is 1.72 bits per heavy atom. The van der Waals surface area contributed by atoms with E-state index in [4.69, 9.17) is 16.3 Å². The summed E-state index contributed by atoms with van der Waals surface area (Å²) in [6.07, 6.45) is 4.74. The Kier molecular flexibility index (Phi) is 6.47. The lowest BCUT2D eigenvalue weighted by Gasteiger charge is -2.30. The SMILES string of the molecule is COc1ncc(-c2cc(F)cc(-c3ccc(-n4ccn(C)c4=O)c(Cl)c3)c2O)cc1N1CC(C)(C)[C@](C)(O)C1. The number of hydrogen-bond donors (Lipinski definition) is 2. The molecule has 0 radical (unpaired) electrons. The van der Waals surface area contributed by atoms with Crippen molar-refractivity contribution in [3.8, 4) is 39.6 Å². The van der Waals surface area contributed by atoms with Crippen LogP contribution in [-0.2, 0) is 7.05 Å². The molecule has 1 fully saturated rings. The van der Waals surface area contributed by atoms with Crippen LogP contribution in [0, 0.1) is 11.2 Å². The zero-order valence-corrected chi connectivity index (χ0v) is 23.1. The molecule has 4 aromatic rings. The maximum atomic E-state index is 14.9. The Bertz CT molecular complexity index is 1630. The van der Waals surface area contributed by atoms with Gasteiger partial charge in [-0.2, -0.15) is 0 Å². The number of ether oxygens (including phenoxy) is 1. The number of aliphatic hydroxyl groups is 1. The second kappa shape index (κ2) is 9.43. The van der Waals surface area contributed by atoms with E-state index in [0.717, 1.165) is 0 Å². The lowest BCUT2D eigenvalue weighted by molar-refractivity contribution is -0.00890. The van der Waals surface area contributed by atoms with Gasteiger partial charge in [-0.25, -0.2) is 14.2 Å². The number of phenols is 1. The van der Waals surface area contributed by atoms with Crippen LogP contribution in [0.3, 0.4) is 0 Å². The first-order chi connectivity index (χ1) is 18.3. The van der Waals surface area contributed by atoms with Gasteiger partial charge in [0.05, 0.1) is 23.4 Å². The van der Waals surface area contributed by atoms with Crippen LogP contribution < -0.4 is 15.3 Å². The summed E-state index contributed by atoms with van der Waals surface area (Å²) in [7, 11) is 3.15. The first-order valence-corrected chi connectivity index (χ1v) is 12.8. The Hall–Kier alpha value is -3.82. The van der Waals surface area contributed by atoms with Crippen LogP contribution in [0.4, 0.5) is 10.1 Å². The molecule has 1 saturated heterocycles. The van der Waals surface area contributed by atoms with Gasteiger partial charge >= 0.3 is 5.69 Å². The van der Waals surface area contributed by atoms with Gasteiger partial charge in [0.1, 0.15) is 17.3 Å². The number of pyridine rings is 1. The largest absolute Gasteiger partial charge is 0.507 e. The molecular weight excluding hydrogens is 523 g/mol. The highest BCUT2D eigenvalue weighted by molar-refractivity contribution is 6.32. The molecule has 10 heteroatoms. The summed E-state index contributed by atoms with van der Waals surface area (Å²) in [4.78, 5) is 18.8. The minimum atomic E-state index is -0.946. The van der Waals surface area contributed by atoms with E-state index >= 15 is 0 Å². The lowest BCUT2D eigenvalue weighted by Crippen LogP contribution is -2.40. The molecule has 0 saturated carbocycles. The molecule has 0 aliphatic carbocycles. The summed E-state index contributed by atoms with van der Waals surface area (Å²) in [5.74, 6) is -0.342. The van der Waals surface area contributed by atoms with E-state index in [1.54, 1.807) is 50.6 Å². The molecule has 2 aromatic carbocycles. The number of halogens is 2. The number of benzene rings is 2. The van der Waals surface area contributed by atoms with Crippen LogP contribution in [0.2, 0.25) is 5.02 Å².